The number of rotatable bonds is 3. The summed E-state index contributed by atoms with van der Waals surface area (Å²) in [5.74, 6) is 2.30. The Bertz CT molecular complexity index is 1100. The number of hydrogen-bond donors (Lipinski definition) is 0. The van der Waals surface area contributed by atoms with E-state index in [4.69, 9.17) is 21.1 Å². The molecular formula is C27H30ClNO2. The van der Waals surface area contributed by atoms with Crippen LogP contribution < -0.4 is 14.4 Å². The lowest BCUT2D eigenvalue weighted by Gasteiger charge is -2.31. The Morgan fingerprint density at radius 3 is 2.39 bits per heavy atom. The molecular weight excluding hydrogens is 406 g/mol. The summed E-state index contributed by atoms with van der Waals surface area (Å²) in [5, 5.41) is 3.21. The van der Waals surface area contributed by atoms with Gasteiger partial charge in [-0.25, -0.2) is 0 Å². The maximum Gasteiger partial charge on any atom is 0.124 e. The highest BCUT2D eigenvalue weighted by atomic mass is 35.5. The maximum atomic E-state index is 6.87. The third-order valence-electron chi connectivity index (χ3n) is 7.08. The van der Waals surface area contributed by atoms with Gasteiger partial charge in [0.15, 0.2) is 0 Å². The van der Waals surface area contributed by atoms with Gasteiger partial charge < -0.3 is 14.4 Å². The molecule has 1 fully saturated rings. The van der Waals surface area contributed by atoms with Crippen LogP contribution in [0.4, 0.5) is 11.4 Å². The molecule has 5 rings (SSSR count). The van der Waals surface area contributed by atoms with Crippen molar-refractivity contribution in [2.24, 2.45) is 0 Å². The number of anilines is 2. The van der Waals surface area contributed by atoms with E-state index in [0.29, 0.717) is 12.0 Å². The molecule has 0 amide bonds. The molecule has 3 nitrogen and oxygen atoms in total. The molecule has 0 radical (unpaired) electrons. The van der Waals surface area contributed by atoms with Gasteiger partial charge in [0, 0.05) is 23.2 Å². The standard InChI is InChI=1S/C27H30ClNO2/c1-30-21-13-11-18-10-12-20(16-19(18)17-21)29-24-9-7-5-3-4-6-8-22(24)26-25(31-2)15-14-23(28)27(26)29/h10-17,22,24H,3-9H2,1-2H3. The van der Waals surface area contributed by atoms with Crippen LogP contribution in [-0.4, -0.2) is 20.3 Å². The summed E-state index contributed by atoms with van der Waals surface area (Å²) in [6.45, 7) is 0. The smallest absolute Gasteiger partial charge is 0.124 e. The van der Waals surface area contributed by atoms with Gasteiger partial charge in [-0.15, -0.1) is 0 Å². The van der Waals surface area contributed by atoms with E-state index >= 15 is 0 Å². The number of benzene rings is 3. The molecule has 162 valence electrons. The van der Waals surface area contributed by atoms with Crippen LogP contribution in [0.2, 0.25) is 5.02 Å². The minimum atomic E-state index is 0.407. The third kappa shape index (κ3) is 3.63. The van der Waals surface area contributed by atoms with E-state index in [1.165, 1.54) is 67.0 Å². The van der Waals surface area contributed by atoms with Crippen molar-refractivity contribution in [3.8, 4) is 11.5 Å². The molecule has 0 spiro atoms. The fraction of sp³-hybridized carbons (Fsp3) is 0.407. The second kappa shape index (κ2) is 8.63. The Kier molecular flexibility index (Phi) is 5.71. The minimum Gasteiger partial charge on any atom is -0.497 e. The molecule has 2 unspecified atom stereocenters. The zero-order valence-corrected chi connectivity index (χ0v) is 19.1. The van der Waals surface area contributed by atoms with Crippen molar-refractivity contribution in [2.45, 2.75) is 56.9 Å². The summed E-state index contributed by atoms with van der Waals surface area (Å²) in [5.41, 5.74) is 3.63. The molecule has 1 aliphatic heterocycles. The second-order valence-electron chi connectivity index (χ2n) is 8.80. The van der Waals surface area contributed by atoms with Gasteiger partial charge in [0.2, 0.25) is 0 Å². The number of fused-ring (bicyclic) bond motifs is 4. The first-order valence-electron chi connectivity index (χ1n) is 11.4. The predicted octanol–water partition coefficient (Wildman–Crippen LogP) is 7.86. The molecule has 2 aliphatic rings. The Labute approximate surface area is 189 Å². The molecule has 1 heterocycles. The zero-order chi connectivity index (χ0) is 21.4. The first kappa shape index (κ1) is 20.5. The zero-order valence-electron chi connectivity index (χ0n) is 18.4. The van der Waals surface area contributed by atoms with Crippen LogP contribution in [0.5, 0.6) is 11.5 Å². The second-order valence-corrected chi connectivity index (χ2v) is 9.21. The SMILES string of the molecule is COc1ccc2ccc(N3c4c(Cl)ccc(OC)c4C4CCCCCCCC43)cc2c1. The van der Waals surface area contributed by atoms with Crippen molar-refractivity contribution in [3.63, 3.8) is 0 Å². The molecule has 0 aromatic heterocycles. The largest absolute Gasteiger partial charge is 0.497 e. The van der Waals surface area contributed by atoms with Gasteiger partial charge in [-0.3, -0.25) is 0 Å². The number of nitrogens with zero attached hydrogens (tertiary/aromatic N) is 1. The fourth-order valence-electron chi connectivity index (χ4n) is 5.61. The van der Waals surface area contributed by atoms with Gasteiger partial charge >= 0.3 is 0 Å². The lowest BCUT2D eigenvalue weighted by Crippen LogP contribution is -2.30. The molecule has 0 N–H and O–H groups in total. The summed E-state index contributed by atoms with van der Waals surface area (Å²) < 4.78 is 11.3. The van der Waals surface area contributed by atoms with Crippen molar-refractivity contribution in [2.75, 3.05) is 19.1 Å². The quantitative estimate of drug-likeness (QED) is 0.418. The Morgan fingerprint density at radius 1 is 0.806 bits per heavy atom. The summed E-state index contributed by atoms with van der Waals surface area (Å²) in [6, 6.07) is 17.4. The summed E-state index contributed by atoms with van der Waals surface area (Å²) in [4.78, 5) is 2.51. The van der Waals surface area contributed by atoms with Crippen LogP contribution >= 0.6 is 11.6 Å². The van der Waals surface area contributed by atoms with Gasteiger partial charge in [0.05, 0.1) is 24.9 Å². The average Bonchev–Trinajstić information content (AvgIpc) is 3.17. The molecule has 2 atom stereocenters. The van der Waals surface area contributed by atoms with Gasteiger partial charge in [-0.1, -0.05) is 55.8 Å². The van der Waals surface area contributed by atoms with E-state index < -0.39 is 0 Å². The van der Waals surface area contributed by atoms with Crippen LogP contribution in [0, 0.1) is 0 Å². The molecule has 1 saturated carbocycles. The van der Waals surface area contributed by atoms with Crippen molar-refractivity contribution < 1.29 is 9.47 Å². The highest BCUT2D eigenvalue weighted by molar-refractivity contribution is 6.34. The van der Waals surface area contributed by atoms with E-state index in [-0.39, 0.29) is 0 Å². The monoisotopic (exact) mass is 435 g/mol. The molecule has 4 heteroatoms. The number of methoxy groups -OCH3 is 2. The Balaban J connectivity index is 1.69. The number of halogens is 1. The molecule has 0 bridgehead atoms. The number of hydrogen-bond acceptors (Lipinski definition) is 3. The predicted molar refractivity (Wildman–Crippen MR) is 129 cm³/mol. The summed E-state index contributed by atoms with van der Waals surface area (Å²) in [6.07, 6.45) is 8.85. The lowest BCUT2D eigenvalue weighted by molar-refractivity contribution is 0.399. The van der Waals surface area contributed by atoms with E-state index in [1.54, 1.807) is 14.2 Å². The summed E-state index contributed by atoms with van der Waals surface area (Å²) in [7, 11) is 3.49. The van der Waals surface area contributed by atoms with Crippen LogP contribution in [0.25, 0.3) is 10.8 Å². The molecule has 1 aliphatic carbocycles. The first-order chi connectivity index (χ1) is 15.2. The van der Waals surface area contributed by atoms with Gasteiger partial charge in [0.25, 0.3) is 0 Å². The van der Waals surface area contributed by atoms with Crippen molar-refractivity contribution >= 4 is 33.7 Å². The Hall–Kier alpha value is -2.39. The van der Waals surface area contributed by atoms with Crippen LogP contribution in [-0.2, 0) is 0 Å². The molecule has 0 saturated heterocycles. The van der Waals surface area contributed by atoms with Crippen LogP contribution in [0.15, 0.2) is 48.5 Å². The molecule has 3 aromatic carbocycles. The van der Waals surface area contributed by atoms with E-state index in [9.17, 15) is 0 Å². The number of ether oxygens (including phenoxy) is 2. The molecule has 31 heavy (non-hydrogen) atoms. The third-order valence-corrected chi connectivity index (χ3v) is 7.38. The lowest BCUT2D eigenvalue weighted by atomic mass is 9.87. The Morgan fingerprint density at radius 2 is 1.58 bits per heavy atom. The van der Waals surface area contributed by atoms with E-state index in [2.05, 4.69) is 35.2 Å². The van der Waals surface area contributed by atoms with Crippen LogP contribution in [0.3, 0.4) is 0 Å². The first-order valence-corrected chi connectivity index (χ1v) is 11.8. The van der Waals surface area contributed by atoms with Crippen molar-refractivity contribution in [3.05, 3.63) is 59.1 Å². The highest BCUT2D eigenvalue weighted by Gasteiger charge is 2.42. The van der Waals surface area contributed by atoms with Gasteiger partial charge in [-0.2, -0.15) is 0 Å². The maximum absolute atomic E-state index is 6.87. The minimum absolute atomic E-state index is 0.407. The fourth-order valence-corrected chi connectivity index (χ4v) is 5.86. The van der Waals surface area contributed by atoms with Gasteiger partial charge in [-0.05, 0) is 60.0 Å². The normalized spacial score (nSPS) is 21.1. The van der Waals surface area contributed by atoms with E-state index in [1.807, 2.05) is 18.2 Å². The highest BCUT2D eigenvalue weighted by Crippen LogP contribution is 2.55. The average molecular weight is 436 g/mol. The molecule has 3 aromatic rings. The topological polar surface area (TPSA) is 21.7 Å². The summed E-state index contributed by atoms with van der Waals surface area (Å²) >= 11 is 6.87. The van der Waals surface area contributed by atoms with E-state index in [0.717, 1.165) is 22.2 Å². The van der Waals surface area contributed by atoms with Crippen LogP contribution in [0.1, 0.15) is 56.4 Å². The van der Waals surface area contributed by atoms with Gasteiger partial charge in [0.1, 0.15) is 11.5 Å². The van der Waals surface area contributed by atoms with Crippen molar-refractivity contribution in [1.82, 2.24) is 0 Å². The van der Waals surface area contributed by atoms with Crippen molar-refractivity contribution in [1.29, 1.82) is 0 Å².